The highest BCUT2D eigenvalue weighted by Crippen LogP contribution is 2.32. The third-order valence-electron chi connectivity index (χ3n) is 5.40. The van der Waals surface area contributed by atoms with Crippen LogP contribution in [0.5, 0.6) is 0 Å². The number of anilines is 1. The molecule has 4 nitrogen and oxygen atoms in total. The van der Waals surface area contributed by atoms with Crippen LogP contribution >= 0.6 is 0 Å². The Morgan fingerprint density at radius 2 is 1.96 bits per heavy atom. The topological polar surface area (TPSA) is 24.3 Å². The molecule has 23 heavy (non-hydrogen) atoms. The fraction of sp³-hybridized carbons (Fsp3) is 0.526. The van der Waals surface area contributed by atoms with E-state index in [-0.39, 0.29) is 0 Å². The molecule has 0 saturated carbocycles. The number of aryl methyl sites for hydroxylation is 2. The average Bonchev–Trinajstić information content (AvgIpc) is 3.02. The highest BCUT2D eigenvalue weighted by molar-refractivity contribution is 5.42. The molecular weight excluding hydrogens is 284 g/mol. The van der Waals surface area contributed by atoms with Crippen molar-refractivity contribution in [3.05, 3.63) is 47.8 Å². The standard InChI is InChI=1S/C19H26N4/c1-21-15-18(13-20-21)23-11-9-22(10-12-23)14-17-7-4-6-16-5-2-3-8-19(16)17/h2-3,5,8,13,15,17H,4,6-7,9-12,14H2,1H3/t17-/m1/s1. The summed E-state index contributed by atoms with van der Waals surface area (Å²) in [6, 6.07) is 9.07. The molecule has 0 N–H and O–H groups in total. The Kier molecular flexibility index (Phi) is 4.08. The van der Waals surface area contributed by atoms with Crippen molar-refractivity contribution in [3.63, 3.8) is 0 Å². The third kappa shape index (κ3) is 3.13. The second-order valence-electron chi connectivity index (χ2n) is 6.95. The SMILES string of the molecule is Cn1cc(N2CCN(C[C@H]3CCCc4ccccc43)CC2)cn1. The highest BCUT2D eigenvalue weighted by atomic mass is 15.3. The van der Waals surface area contributed by atoms with Gasteiger partial charge in [-0.15, -0.1) is 0 Å². The number of fused-ring (bicyclic) bond motifs is 1. The second kappa shape index (κ2) is 6.36. The van der Waals surface area contributed by atoms with E-state index in [1.807, 2.05) is 17.9 Å². The molecule has 0 radical (unpaired) electrons. The van der Waals surface area contributed by atoms with Crippen molar-refractivity contribution in [1.82, 2.24) is 14.7 Å². The van der Waals surface area contributed by atoms with Gasteiger partial charge in [0.1, 0.15) is 0 Å². The minimum Gasteiger partial charge on any atom is -0.366 e. The van der Waals surface area contributed by atoms with Gasteiger partial charge in [0.25, 0.3) is 0 Å². The lowest BCUT2D eigenvalue weighted by Gasteiger charge is -2.38. The minimum absolute atomic E-state index is 0.727. The van der Waals surface area contributed by atoms with Crippen LogP contribution in [0.25, 0.3) is 0 Å². The smallest absolute Gasteiger partial charge is 0.0753 e. The van der Waals surface area contributed by atoms with Crippen LogP contribution in [0.1, 0.15) is 29.9 Å². The Morgan fingerprint density at radius 3 is 2.74 bits per heavy atom. The molecule has 0 unspecified atom stereocenters. The Bertz CT molecular complexity index is 655. The van der Waals surface area contributed by atoms with Crippen LogP contribution in [0.4, 0.5) is 5.69 Å². The molecule has 1 saturated heterocycles. The highest BCUT2D eigenvalue weighted by Gasteiger charge is 2.24. The lowest BCUT2D eigenvalue weighted by Crippen LogP contribution is -2.47. The first-order valence-electron chi connectivity index (χ1n) is 8.83. The van der Waals surface area contributed by atoms with Gasteiger partial charge in [0.05, 0.1) is 11.9 Å². The molecule has 1 aromatic heterocycles. The molecule has 1 atom stereocenters. The zero-order valence-electron chi connectivity index (χ0n) is 14.0. The number of nitrogens with zero attached hydrogens (tertiary/aromatic N) is 4. The van der Waals surface area contributed by atoms with Crippen molar-refractivity contribution in [2.24, 2.45) is 7.05 Å². The van der Waals surface area contributed by atoms with Crippen LogP contribution in [-0.2, 0) is 13.5 Å². The van der Waals surface area contributed by atoms with Crippen molar-refractivity contribution in [1.29, 1.82) is 0 Å². The van der Waals surface area contributed by atoms with E-state index in [9.17, 15) is 0 Å². The number of benzene rings is 1. The summed E-state index contributed by atoms with van der Waals surface area (Å²) in [7, 11) is 1.99. The summed E-state index contributed by atoms with van der Waals surface area (Å²) in [4.78, 5) is 5.11. The van der Waals surface area contributed by atoms with Crippen molar-refractivity contribution in [3.8, 4) is 0 Å². The zero-order valence-corrected chi connectivity index (χ0v) is 14.0. The minimum atomic E-state index is 0.727. The molecule has 4 rings (SSSR count). The van der Waals surface area contributed by atoms with Crippen molar-refractivity contribution in [2.75, 3.05) is 37.6 Å². The first kappa shape index (κ1) is 14.8. The summed E-state index contributed by atoms with van der Waals surface area (Å²) in [5, 5.41) is 4.29. The zero-order chi connectivity index (χ0) is 15.6. The molecule has 1 aliphatic carbocycles. The fourth-order valence-corrected chi connectivity index (χ4v) is 4.12. The van der Waals surface area contributed by atoms with Gasteiger partial charge in [0, 0.05) is 46.0 Å². The van der Waals surface area contributed by atoms with Gasteiger partial charge in [-0.05, 0) is 36.3 Å². The molecule has 2 aromatic rings. The van der Waals surface area contributed by atoms with E-state index in [0.717, 1.165) is 32.1 Å². The second-order valence-corrected chi connectivity index (χ2v) is 6.95. The predicted molar refractivity (Wildman–Crippen MR) is 94.0 cm³/mol. The summed E-state index contributed by atoms with van der Waals surface area (Å²) in [5.74, 6) is 0.727. The predicted octanol–water partition coefficient (Wildman–Crippen LogP) is 2.66. The van der Waals surface area contributed by atoms with E-state index >= 15 is 0 Å². The van der Waals surface area contributed by atoms with Gasteiger partial charge in [0.2, 0.25) is 0 Å². The number of rotatable bonds is 3. The number of hydrogen-bond donors (Lipinski definition) is 0. The molecule has 122 valence electrons. The molecule has 0 amide bonds. The van der Waals surface area contributed by atoms with Crippen LogP contribution < -0.4 is 4.90 Å². The van der Waals surface area contributed by atoms with Crippen LogP contribution in [0, 0.1) is 0 Å². The Hall–Kier alpha value is -1.81. The lowest BCUT2D eigenvalue weighted by atomic mass is 9.82. The molecule has 4 heteroatoms. The number of piperazine rings is 1. The van der Waals surface area contributed by atoms with E-state index in [1.165, 1.54) is 31.5 Å². The van der Waals surface area contributed by atoms with E-state index in [0.29, 0.717) is 0 Å². The molecule has 1 fully saturated rings. The van der Waals surface area contributed by atoms with Gasteiger partial charge >= 0.3 is 0 Å². The average molecular weight is 310 g/mol. The van der Waals surface area contributed by atoms with Crippen LogP contribution in [0.3, 0.4) is 0 Å². The molecule has 1 aromatic carbocycles. The van der Waals surface area contributed by atoms with Gasteiger partial charge < -0.3 is 4.90 Å². The summed E-state index contributed by atoms with van der Waals surface area (Å²) < 4.78 is 1.89. The van der Waals surface area contributed by atoms with Crippen molar-refractivity contribution >= 4 is 5.69 Å². The number of aromatic nitrogens is 2. The van der Waals surface area contributed by atoms with Gasteiger partial charge in [-0.1, -0.05) is 24.3 Å². The summed E-state index contributed by atoms with van der Waals surface area (Å²) in [6.45, 7) is 5.76. The lowest BCUT2D eigenvalue weighted by molar-refractivity contribution is 0.234. The molecule has 1 aliphatic heterocycles. The van der Waals surface area contributed by atoms with Crippen LogP contribution in [0.2, 0.25) is 0 Å². The van der Waals surface area contributed by atoms with E-state index in [4.69, 9.17) is 0 Å². The monoisotopic (exact) mass is 310 g/mol. The van der Waals surface area contributed by atoms with E-state index in [2.05, 4.69) is 45.4 Å². The largest absolute Gasteiger partial charge is 0.366 e. The van der Waals surface area contributed by atoms with Crippen LogP contribution in [0.15, 0.2) is 36.7 Å². The Morgan fingerprint density at radius 1 is 1.13 bits per heavy atom. The Labute approximate surface area is 138 Å². The summed E-state index contributed by atoms with van der Waals surface area (Å²) >= 11 is 0. The van der Waals surface area contributed by atoms with Crippen molar-refractivity contribution in [2.45, 2.75) is 25.2 Å². The summed E-state index contributed by atoms with van der Waals surface area (Å²) in [5.41, 5.74) is 4.45. The van der Waals surface area contributed by atoms with E-state index < -0.39 is 0 Å². The van der Waals surface area contributed by atoms with Crippen LogP contribution in [-0.4, -0.2) is 47.4 Å². The van der Waals surface area contributed by atoms with Crippen molar-refractivity contribution < 1.29 is 0 Å². The summed E-state index contributed by atoms with van der Waals surface area (Å²) in [6.07, 6.45) is 8.05. The maximum Gasteiger partial charge on any atom is 0.0753 e. The quantitative estimate of drug-likeness (QED) is 0.871. The first-order chi connectivity index (χ1) is 11.3. The fourth-order valence-electron chi connectivity index (χ4n) is 4.12. The maximum absolute atomic E-state index is 4.29. The maximum atomic E-state index is 4.29. The van der Waals surface area contributed by atoms with E-state index in [1.54, 1.807) is 11.1 Å². The molecule has 2 heterocycles. The number of hydrogen-bond acceptors (Lipinski definition) is 3. The van der Waals surface area contributed by atoms with Gasteiger partial charge in [-0.25, -0.2) is 0 Å². The Balaban J connectivity index is 1.37. The van der Waals surface area contributed by atoms with Gasteiger partial charge in [0.15, 0.2) is 0 Å². The van der Waals surface area contributed by atoms with Gasteiger partial charge in [-0.2, -0.15) is 5.10 Å². The normalized spacial score (nSPS) is 22.1. The molecular formula is C19H26N4. The first-order valence-corrected chi connectivity index (χ1v) is 8.83. The third-order valence-corrected chi connectivity index (χ3v) is 5.40. The van der Waals surface area contributed by atoms with Gasteiger partial charge in [-0.3, -0.25) is 9.58 Å². The molecule has 2 aliphatic rings. The molecule has 0 bridgehead atoms. The molecule has 0 spiro atoms.